The van der Waals surface area contributed by atoms with Crippen LogP contribution in [0.25, 0.3) is 0 Å². The van der Waals surface area contributed by atoms with E-state index in [1.165, 1.54) is 12.5 Å². The number of rotatable bonds is 4. The van der Waals surface area contributed by atoms with Crippen LogP contribution in [0.1, 0.15) is 49.9 Å². The molecular formula is C17H21Cl2NO3. The minimum Gasteiger partial charge on any atom is -0.449 e. The second kappa shape index (κ2) is 8.02. The van der Waals surface area contributed by atoms with Crippen molar-refractivity contribution >= 4 is 35.1 Å². The van der Waals surface area contributed by atoms with Gasteiger partial charge in [-0.2, -0.15) is 0 Å². The van der Waals surface area contributed by atoms with E-state index in [1.54, 1.807) is 19.1 Å². The molecule has 0 aromatic heterocycles. The molecule has 1 saturated carbocycles. The molecule has 6 heteroatoms. The lowest BCUT2D eigenvalue weighted by Crippen LogP contribution is -2.46. The van der Waals surface area contributed by atoms with E-state index in [1.807, 2.05) is 0 Å². The Kier molecular flexibility index (Phi) is 6.31. The Morgan fingerprint density at radius 2 is 1.96 bits per heavy atom. The third kappa shape index (κ3) is 4.61. The summed E-state index contributed by atoms with van der Waals surface area (Å²) in [7, 11) is 0. The van der Waals surface area contributed by atoms with Crippen molar-refractivity contribution in [1.82, 2.24) is 5.32 Å². The summed E-state index contributed by atoms with van der Waals surface area (Å²) in [4.78, 5) is 24.4. The molecule has 1 aromatic carbocycles. The van der Waals surface area contributed by atoms with Crippen LogP contribution in [0.4, 0.5) is 0 Å². The second-order valence-electron chi connectivity index (χ2n) is 6.03. The highest BCUT2D eigenvalue weighted by molar-refractivity contribution is 6.43. The van der Waals surface area contributed by atoms with Gasteiger partial charge in [0.05, 0.1) is 15.6 Å². The maximum Gasteiger partial charge on any atom is 0.340 e. The van der Waals surface area contributed by atoms with Crippen molar-refractivity contribution in [3.8, 4) is 0 Å². The molecule has 3 atom stereocenters. The largest absolute Gasteiger partial charge is 0.449 e. The molecule has 1 aliphatic carbocycles. The molecule has 0 radical (unpaired) electrons. The van der Waals surface area contributed by atoms with Gasteiger partial charge < -0.3 is 10.1 Å². The van der Waals surface area contributed by atoms with Crippen molar-refractivity contribution in [2.24, 2.45) is 5.92 Å². The van der Waals surface area contributed by atoms with Gasteiger partial charge in [0.15, 0.2) is 6.10 Å². The Balaban J connectivity index is 1.95. The molecule has 0 unspecified atom stereocenters. The summed E-state index contributed by atoms with van der Waals surface area (Å²) in [6.07, 6.45) is 3.50. The average Bonchev–Trinajstić information content (AvgIpc) is 2.52. The molecule has 0 bridgehead atoms. The van der Waals surface area contributed by atoms with Crippen LogP contribution in [0.3, 0.4) is 0 Å². The topological polar surface area (TPSA) is 55.4 Å². The van der Waals surface area contributed by atoms with E-state index in [4.69, 9.17) is 27.9 Å². The summed E-state index contributed by atoms with van der Waals surface area (Å²) in [5.74, 6) is -0.495. The quantitative estimate of drug-likeness (QED) is 0.820. The van der Waals surface area contributed by atoms with E-state index in [9.17, 15) is 9.59 Å². The van der Waals surface area contributed by atoms with Crippen LogP contribution in [-0.2, 0) is 9.53 Å². The minimum atomic E-state index is -0.883. The van der Waals surface area contributed by atoms with Gasteiger partial charge in [0.2, 0.25) is 0 Å². The lowest BCUT2D eigenvalue weighted by Gasteiger charge is -2.30. The van der Waals surface area contributed by atoms with Crippen LogP contribution in [0.5, 0.6) is 0 Å². The zero-order valence-electron chi connectivity index (χ0n) is 13.3. The van der Waals surface area contributed by atoms with Crippen molar-refractivity contribution in [2.75, 3.05) is 0 Å². The van der Waals surface area contributed by atoms with Crippen LogP contribution in [0.15, 0.2) is 18.2 Å². The minimum absolute atomic E-state index is 0.132. The lowest BCUT2D eigenvalue weighted by molar-refractivity contribution is -0.130. The van der Waals surface area contributed by atoms with E-state index in [-0.39, 0.29) is 27.6 Å². The highest BCUT2D eigenvalue weighted by Crippen LogP contribution is 2.26. The van der Waals surface area contributed by atoms with Gasteiger partial charge in [-0.25, -0.2) is 4.79 Å². The number of amides is 1. The van der Waals surface area contributed by atoms with Crippen LogP contribution >= 0.6 is 23.2 Å². The molecule has 1 N–H and O–H groups in total. The van der Waals surface area contributed by atoms with Gasteiger partial charge in [-0.3, -0.25) is 4.79 Å². The normalized spacial score (nSPS) is 22.3. The Morgan fingerprint density at radius 1 is 1.26 bits per heavy atom. The Morgan fingerprint density at radius 3 is 2.65 bits per heavy atom. The number of carbonyl (C=O) groups excluding carboxylic acids is 2. The van der Waals surface area contributed by atoms with Crippen molar-refractivity contribution < 1.29 is 14.3 Å². The number of carbonyl (C=O) groups is 2. The zero-order chi connectivity index (χ0) is 17.0. The Labute approximate surface area is 146 Å². The highest BCUT2D eigenvalue weighted by atomic mass is 35.5. The van der Waals surface area contributed by atoms with Crippen molar-refractivity contribution in [2.45, 2.75) is 51.7 Å². The predicted octanol–water partition coefficient (Wildman–Crippen LogP) is 4.23. The van der Waals surface area contributed by atoms with Gasteiger partial charge in [0.25, 0.3) is 5.91 Å². The first kappa shape index (κ1) is 18.1. The van der Waals surface area contributed by atoms with Gasteiger partial charge in [-0.15, -0.1) is 0 Å². The van der Waals surface area contributed by atoms with E-state index >= 15 is 0 Å². The summed E-state index contributed by atoms with van der Waals surface area (Å²) in [6, 6.07) is 4.86. The summed E-state index contributed by atoms with van der Waals surface area (Å²) < 4.78 is 5.22. The predicted molar refractivity (Wildman–Crippen MR) is 90.9 cm³/mol. The summed E-state index contributed by atoms with van der Waals surface area (Å²) >= 11 is 11.9. The van der Waals surface area contributed by atoms with E-state index in [2.05, 4.69) is 12.2 Å². The number of hydrogen-bond donors (Lipinski definition) is 1. The Hall–Kier alpha value is -1.26. The third-order valence-electron chi connectivity index (χ3n) is 4.26. The van der Waals surface area contributed by atoms with Gasteiger partial charge in [0, 0.05) is 6.04 Å². The van der Waals surface area contributed by atoms with E-state index < -0.39 is 12.1 Å². The van der Waals surface area contributed by atoms with Crippen molar-refractivity contribution in [3.63, 3.8) is 0 Å². The van der Waals surface area contributed by atoms with Crippen LogP contribution in [0.2, 0.25) is 10.0 Å². The summed E-state index contributed by atoms with van der Waals surface area (Å²) in [5, 5.41) is 3.38. The first-order chi connectivity index (χ1) is 10.9. The maximum absolute atomic E-state index is 12.2. The SMILES string of the molecule is C[C@H](OC(=O)c1cccc(Cl)c1Cl)C(=O)N[C@H]1CCCC[C@@H]1C. The summed E-state index contributed by atoms with van der Waals surface area (Å²) in [6.45, 7) is 3.69. The number of esters is 1. The van der Waals surface area contributed by atoms with Crippen molar-refractivity contribution in [3.05, 3.63) is 33.8 Å². The highest BCUT2D eigenvalue weighted by Gasteiger charge is 2.27. The third-order valence-corrected chi connectivity index (χ3v) is 5.08. The molecule has 23 heavy (non-hydrogen) atoms. The molecule has 2 rings (SSSR count). The molecule has 126 valence electrons. The van der Waals surface area contributed by atoms with Gasteiger partial charge in [-0.05, 0) is 37.8 Å². The first-order valence-electron chi connectivity index (χ1n) is 7.85. The monoisotopic (exact) mass is 357 g/mol. The van der Waals surface area contributed by atoms with Gasteiger partial charge in [0.1, 0.15) is 0 Å². The molecule has 0 aliphatic heterocycles. The fraction of sp³-hybridized carbons (Fsp3) is 0.529. The smallest absolute Gasteiger partial charge is 0.340 e. The molecule has 4 nitrogen and oxygen atoms in total. The van der Waals surface area contributed by atoms with Crippen LogP contribution < -0.4 is 5.32 Å². The number of benzene rings is 1. The molecule has 1 aromatic rings. The number of nitrogens with one attached hydrogen (secondary N) is 1. The maximum atomic E-state index is 12.2. The Bertz CT molecular complexity index is 591. The number of ether oxygens (including phenoxy) is 1. The first-order valence-corrected chi connectivity index (χ1v) is 8.61. The molecular weight excluding hydrogens is 337 g/mol. The molecule has 1 amide bonds. The molecule has 0 saturated heterocycles. The lowest BCUT2D eigenvalue weighted by atomic mass is 9.86. The van der Waals surface area contributed by atoms with E-state index in [0.717, 1.165) is 19.3 Å². The van der Waals surface area contributed by atoms with Gasteiger partial charge in [-0.1, -0.05) is 49.0 Å². The number of halogens is 2. The number of hydrogen-bond acceptors (Lipinski definition) is 3. The van der Waals surface area contributed by atoms with Crippen LogP contribution in [-0.4, -0.2) is 24.0 Å². The van der Waals surface area contributed by atoms with E-state index in [0.29, 0.717) is 5.92 Å². The van der Waals surface area contributed by atoms with Crippen molar-refractivity contribution in [1.29, 1.82) is 0 Å². The molecule has 0 heterocycles. The molecule has 0 spiro atoms. The standard InChI is InChI=1S/C17H21Cl2NO3/c1-10-6-3-4-9-14(10)20-16(21)11(2)23-17(22)12-7-5-8-13(18)15(12)19/h5,7-8,10-11,14H,3-4,6,9H2,1-2H3,(H,20,21)/t10-,11-,14-/m0/s1. The fourth-order valence-electron chi connectivity index (χ4n) is 2.77. The second-order valence-corrected chi connectivity index (χ2v) is 6.81. The average molecular weight is 358 g/mol. The molecule has 1 aliphatic rings. The van der Waals surface area contributed by atoms with Crippen LogP contribution in [0, 0.1) is 5.92 Å². The molecule has 1 fully saturated rings. The van der Waals surface area contributed by atoms with Gasteiger partial charge >= 0.3 is 5.97 Å². The zero-order valence-corrected chi connectivity index (χ0v) is 14.8. The fourth-order valence-corrected chi connectivity index (χ4v) is 3.15. The summed E-state index contributed by atoms with van der Waals surface area (Å²) in [5.41, 5.74) is 0.157.